The van der Waals surface area contributed by atoms with Crippen molar-refractivity contribution in [2.45, 2.75) is 39.2 Å². The standard InChI is InChI=1S/C17H27N5O2/c1-12-15(13(2)20(3)19-12)10-17(24)22-8-6-21(7-9-22)11-16(23)18-14-4-5-14/h14H,4-11H2,1-3H3,(H,18,23). The number of carbonyl (C=O) groups is 2. The smallest absolute Gasteiger partial charge is 0.234 e. The van der Waals surface area contributed by atoms with Crippen LogP contribution >= 0.6 is 0 Å². The van der Waals surface area contributed by atoms with E-state index in [0.29, 0.717) is 32.1 Å². The predicted octanol–water partition coefficient (Wildman–Crippen LogP) is 0.00224. The quantitative estimate of drug-likeness (QED) is 0.824. The van der Waals surface area contributed by atoms with Crippen LogP contribution in [0.15, 0.2) is 0 Å². The highest BCUT2D eigenvalue weighted by Crippen LogP contribution is 2.18. The van der Waals surface area contributed by atoms with Gasteiger partial charge in [0.15, 0.2) is 0 Å². The van der Waals surface area contributed by atoms with Gasteiger partial charge in [-0.2, -0.15) is 5.10 Å². The molecule has 1 aliphatic heterocycles. The average molecular weight is 333 g/mol. The van der Waals surface area contributed by atoms with Gasteiger partial charge in [0.2, 0.25) is 11.8 Å². The molecule has 1 aromatic rings. The molecule has 132 valence electrons. The van der Waals surface area contributed by atoms with Crippen LogP contribution in [-0.4, -0.2) is 70.2 Å². The molecule has 1 saturated carbocycles. The first-order valence-electron chi connectivity index (χ1n) is 8.72. The highest BCUT2D eigenvalue weighted by Gasteiger charge is 2.26. The fraction of sp³-hybridized carbons (Fsp3) is 0.706. The van der Waals surface area contributed by atoms with Crippen molar-refractivity contribution in [2.75, 3.05) is 32.7 Å². The van der Waals surface area contributed by atoms with E-state index in [1.165, 1.54) is 0 Å². The Morgan fingerprint density at radius 1 is 1.17 bits per heavy atom. The van der Waals surface area contributed by atoms with Crippen molar-refractivity contribution in [3.05, 3.63) is 17.0 Å². The van der Waals surface area contributed by atoms with Crippen molar-refractivity contribution < 1.29 is 9.59 Å². The normalized spacial score (nSPS) is 18.7. The van der Waals surface area contributed by atoms with Crippen LogP contribution < -0.4 is 5.32 Å². The van der Waals surface area contributed by atoms with Gasteiger partial charge in [-0.05, 0) is 26.7 Å². The second-order valence-corrected chi connectivity index (χ2v) is 6.95. The lowest BCUT2D eigenvalue weighted by Gasteiger charge is -2.34. The molecule has 7 heteroatoms. The van der Waals surface area contributed by atoms with Crippen molar-refractivity contribution in [3.63, 3.8) is 0 Å². The largest absolute Gasteiger partial charge is 0.352 e. The summed E-state index contributed by atoms with van der Waals surface area (Å²) in [6.45, 7) is 7.29. The Bertz CT molecular complexity index is 627. The van der Waals surface area contributed by atoms with E-state index in [9.17, 15) is 9.59 Å². The number of hydrogen-bond donors (Lipinski definition) is 1. The van der Waals surface area contributed by atoms with Gasteiger partial charge in [0.1, 0.15) is 0 Å². The Hall–Kier alpha value is -1.89. The summed E-state index contributed by atoms with van der Waals surface area (Å²) in [6.07, 6.45) is 2.63. The fourth-order valence-electron chi connectivity index (χ4n) is 3.20. The van der Waals surface area contributed by atoms with E-state index in [-0.39, 0.29) is 11.8 Å². The van der Waals surface area contributed by atoms with Gasteiger partial charge in [0, 0.05) is 50.5 Å². The topological polar surface area (TPSA) is 70.5 Å². The number of amides is 2. The minimum Gasteiger partial charge on any atom is -0.352 e. The number of aryl methyl sites for hydroxylation is 2. The zero-order valence-electron chi connectivity index (χ0n) is 14.8. The van der Waals surface area contributed by atoms with Crippen LogP contribution in [0.5, 0.6) is 0 Å². The summed E-state index contributed by atoms with van der Waals surface area (Å²) < 4.78 is 1.83. The highest BCUT2D eigenvalue weighted by atomic mass is 16.2. The summed E-state index contributed by atoms with van der Waals surface area (Å²) in [4.78, 5) is 28.4. The molecule has 2 aliphatic rings. The maximum atomic E-state index is 12.6. The van der Waals surface area contributed by atoms with Gasteiger partial charge in [-0.1, -0.05) is 0 Å². The maximum absolute atomic E-state index is 12.6. The molecule has 0 radical (unpaired) electrons. The van der Waals surface area contributed by atoms with E-state index in [1.54, 1.807) is 0 Å². The van der Waals surface area contributed by atoms with Crippen LogP contribution in [0.2, 0.25) is 0 Å². The Balaban J connectivity index is 1.47. The Labute approximate surface area is 143 Å². The van der Waals surface area contributed by atoms with Crippen molar-refractivity contribution in [2.24, 2.45) is 7.05 Å². The third-order valence-corrected chi connectivity index (χ3v) is 5.02. The molecule has 0 aromatic carbocycles. The highest BCUT2D eigenvalue weighted by molar-refractivity contribution is 5.80. The Morgan fingerprint density at radius 2 is 1.83 bits per heavy atom. The molecule has 7 nitrogen and oxygen atoms in total. The molecule has 2 amide bonds. The van der Waals surface area contributed by atoms with Gasteiger partial charge in [-0.15, -0.1) is 0 Å². The lowest BCUT2D eigenvalue weighted by atomic mass is 10.1. The van der Waals surface area contributed by atoms with Crippen LogP contribution in [0.4, 0.5) is 0 Å². The van der Waals surface area contributed by atoms with Gasteiger partial charge in [-0.25, -0.2) is 0 Å². The maximum Gasteiger partial charge on any atom is 0.234 e. The zero-order valence-corrected chi connectivity index (χ0v) is 14.8. The second-order valence-electron chi connectivity index (χ2n) is 6.95. The van der Waals surface area contributed by atoms with Crippen LogP contribution in [0, 0.1) is 13.8 Å². The number of rotatable bonds is 5. The second kappa shape index (κ2) is 6.93. The first kappa shape index (κ1) is 17.0. The van der Waals surface area contributed by atoms with Crippen LogP contribution in [0.3, 0.4) is 0 Å². The van der Waals surface area contributed by atoms with Crippen LogP contribution in [0.25, 0.3) is 0 Å². The number of nitrogens with one attached hydrogen (secondary N) is 1. The predicted molar refractivity (Wildman–Crippen MR) is 90.6 cm³/mol. The lowest BCUT2D eigenvalue weighted by Crippen LogP contribution is -2.51. The Morgan fingerprint density at radius 3 is 2.38 bits per heavy atom. The molecule has 0 bridgehead atoms. The average Bonchev–Trinajstić information content (AvgIpc) is 3.31. The lowest BCUT2D eigenvalue weighted by molar-refractivity contribution is -0.132. The SMILES string of the molecule is Cc1nn(C)c(C)c1CC(=O)N1CCN(CC(=O)NC2CC2)CC1. The number of carbonyl (C=O) groups excluding carboxylic acids is 2. The van der Waals surface area contributed by atoms with Gasteiger partial charge >= 0.3 is 0 Å². The first-order valence-corrected chi connectivity index (χ1v) is 8.72. The van der Waals surface area contributed by atoms with E-state index >= 15 is 0 Å². The van der Waals surface area contributed by atoms with Gasteiger partial charge in [-0.3, -0.25) is 19.2 Å². The summed E-state index contributed by atoms with van der Waals surface area (Å²) in [5, 5.41) is 7.39. The molecule has 3 rings (SSSR count). The number of nitrogens with zero attached hydrogens (tertiary/aromatic N) is 4. The molecule has 0 spiro atoms. The molecule has 0 unspecified atom stereocenters. The van der Waals surface area contributed by atoms with E-state index in [4.69, 9.17) is 0 Å². The monoisotopic (exact) mass is 333 g/mol. The molecule has 1 aliphatic carbocycles. The summed E-state index contributed by atoms with van der Waals surface area (Å²) in [7, 11) is 1.90. The summed E-state index contributed by atoms with van der Waals surface area (Å²) in [6, 6.07) is 0.409. The minimum absolute atomic E-state index is 0.110. The van der Waals surface area contributed by atoms with Crippen molar-refractivity contribution in [1.29, 1.82) is 0 Å². The van der Waals surface area contributed by atoms with Crippen LogP contribution in [0.1, 0.15) is 29.8 Å². The zero-order chi connectivity index (χ0) is 17.3. The van der Waals surface area contributed by atoms with Gasteiger partial charge < -0.3 is 10.2 Å². The van der Waals surface area contributed by atoms with Crippen molar-refractivity contribution in [3.8, 4) is 0 Å². The molecule has 1 N–H and O–H groups in total. The van der Waals surface area contributed by atoms with E-state index in [1.807, 2.05) is 30.5 Å². The molecular weight excluding hydrogens is 306 g/mol. The molecule has 2 heterocycles. The molecular formula is C17H27N5O2. The first-order chi connectivity index (χ1) is 11.4. The van der Waals surface area contributed by atoms with Crippen molar-refractivity contribution >= 4 is 11.8 Å². The van der Waals surface area contributed by atoms with Crippen LogP contribution in [-0.2, 0) is 23.1 Å². The minimum atomic E-state index is 0.110. The summed E-state index contributed by atoms with van der Waals surface area (Å²) in [5.74, 6) is 0.259. The number of aromatic nitrogens is 2. The van der Waals surface area contributed by atoms with E-state index in [0.717, 1.165) is 42.9 Å². The number of hydrogen-bond acceptors (Lipinski definition) is 4. The van der Waals surface area contributed by atoms with Gasteiger partial charge in [0.05, 0.1) is 18.7 Å². The molecule has 0 atom stereocenters. The molecule has 1 aromatic heterocycles. The summed E-state index contributed by atoms with van der Waals surface area (Å²) >= 11 is 0. The fourth-order valence-corrected chi connectivity index (χ4v) is 3.20. The Kier molecular flexibility index (Phi) is 4.89. The third-order valence-electron chi connectivity index (χ3n) is 5.02. The third kappa shape index (κ3) is 3.95. The molecule has 1 saturated heterocycles. The summed E-state index contributed by atoms with van der Waals surface area (Å²) in [5.41, 5.74) is 3.02. The number of piperazine rings is 1. The van der Waals surface area contributed by atoms with Gasteiger partial charge in [0.25, 0.3) is 0 Å². The van der Waals surface area contributed by atoms with E-state index in [2.05, 4.69) is 15.3 Å². The molecule has 2 fully saturated rings. The van der Waals surface area contributed by atoms with Crippen molar-refractivity contribution in [1.82, 2.24) is 24.9 Å². The van der Waals surface area contributed by atoms with E-state index < -0.39 is 0 Å². The molecule has 24 heavy (non-hydrogen) atoms.